The first-order chi connectivity index (χ1) is 20.2. The molecule has 5 heteroatoms. The normalized spacial score (nSPS) is 11.1. The summed E-state index contributed by atoms with van der Waals surface area (Å²) in [5, 5.41) is 0. The number of nitrogens with zero attached hydrogens (tertiary/aromatic N) is 3. The van der Waals surface area contributed by atoms with Crippen molar-refractivity contribution in [1.29, 1.82) is 0 Å². The molecule has 0 unspecified atom stereocenters. The zero-order valence-corrected chi connectivity index (χ0v) is 22.1. The summed E-state index contributed by atoms with van der Waals surface area (Å²) in [7, 11) is 0. The van der Waals surface area contributed by atoms with E-state index in [1.165, 1.54) is 4.57 Å². The monoisotopic (exact) mass is 531 g/mol. The highest BCUT2D eigenvalue weighted by Crippen LogP contribution is 2.37. The molecule has 7 aromatic rings. The summed E-state index contributed by atoms with van der Waals surface area (Å²) in [6, 6.07) is 47.0. The molecule has 0 radical (unpaired) electrons. The molecule has 5 aromatic carbocycles. The van der Waals surface area contributed by atoms with Gasteiger partial charge in [-0.1, -0.05) is 121 Å². The van der Waals surface area contributed by atoms with Gasteiger partial charge in [0.1, 0.15) is 5.65 Å². The topological polar surface area (TPSA) is 48.4 Å². The maximum Gasteiger partial charge on any atom is 0.343 e. The average Bonchev–Trinajstić information content (AvgIpc) is 3.44. The fraction of sp³-hybridized carbons (Fsp3) is 0. The van der Waals surface area contributed by atoms with Gasteiger partial charge < -0.3 is 0 Å². The zero-order valence-electron chi connectivity index (χ0n) is 22.1. The Kier molecular flexibility index (Phi) is 6.02. The summed E-state index contributed by atoms with van der Waals surface area (Å²) in [4.78, 5) is 28.5. The van der Waals surface area contributed by atoms with Crippen molar-refractivity contribution in [2.45, 2.75) is 0 Å². The summed E-state index contributed by atoms with van der Waals surface area (Å²) < 4.78 is 4.49. The Hall–Kier alpha value is -5.68. The van der Waals surface area contributed by atoms with Crippen molar-refractivity contribution in [1.82, 2.24) is 13.5 Å². The minimum atomic E-state index is -0.434. The number of hydrogen-bond donors (Lipinski definition) is 0. The maximum absolute atomic E-state index is 14.4. The molecule has 0 aliphatic heterocycles. The quantitative estimate of drug-likeness (QED) is 0.235. The van der Waals surface area contributed by atoms with Crippen molar-refractivity contribution in [3.63, 3.8) is 0 Å². The van der Waals surface area contributed by atoms with Crippen molar-refractivity contribution < 1.29 is 0 Å². The van der Waals surface area contributed by atoms with Gasteiger partial charge in [0.25, 0.3) is 0 Å². The molecule has 0 aliphatic carbocycles. The molecule has 2 heterocycles. The van der Waals surface area contributed by atoms with E-state index in [4.69, 9.17) is 0 Å². The van der Waals surface area contributed by atoms with Gasteiger partial charge >= 0.3 is 11.4 Å². The first kappa shape index (κ1) is 24.4. The molecule has 0 N–H and O–H groups in total. The molecule has 7 rings (SSSR count). The van der Waals surface area contributed by atoms with Gasteiger partial charge in [0.05, 0.1) is 11.4 Å². The van der Waals surface area contributed by atoms with Gasteiger partial charge in [0.15, 0.2) is 0 Å². The fourth-order valence-electron chi connectivity index (χ4n) is 5.43. The number of aromatic nitrogens is 3. The van der Waals surface area contributed by atoms with E-state index in [0.717, 1.165) is 33.4 Å². The first-order valence-corrected chi connectivity index (χ1v) is 13.5. The van der Waals surface area contributed by atoms with Gasteiger partial charge in [-0.2, -0.15) is 0 Å². The van der Waals surface area contributed by atoms with Gasteiger partial charge in [-0.3, -0.25) is 4.40 Å². The van der Waals surface area contributed by atoms with E-state index in [1.807, 2.05) is 128 Å². The summed E-state index contributed by atoms with van der Waals surface area (Å²) in [6.45, 7) is 0. The lowest BCUT2D eigenvalue weighted by Crippen LogP contribution is -2.41. The molecule has 2 aromatic heterocycles. The van der Waals surface area contributed by atoms with Crippen LogP contribution in [-0.4, -0.2) is 13.5 Å². The standard InChI is InChI=1S/C36H25N3O2/c40-35-37-25-32(28-15-7-2-8-16-28)33(29-17-9-3-10-18-29)34(37)38(36(41)39(35)30-19-11-4-12-20-30)31-23-21-27(22-24-31)26-13-5-1-6-14-26/h1-25H. The van der Waals surface area contributed by atoms with E-state index in [9.17, 15) is 9.59 Å². The van der Waals surface area contributed by atoms with Crippen molar-refractivity contribution in [3.05, 3.63) is 173 Å². The maximum atomic E-state index is 14.4. The van der Waals surface area contributed by atoms with Crippen molar-refractivity contribution >= 4 is 5.65 Å². The molecular weight excluding hydrogens is 506 g/mol. The van der Waals surface area contributed by atoms with Gasteiger partial charge in [-0.25, -0.2) is 18.7 Å². The third-order valence-corrected chi connectivity index (χ3v) is 7.37. The second kappa shape index (κ2) is 10.1. The third-order valence-electron chi connectivity index (χ3n) is 7.37. The zero-order chi connectivity index (χ0) is 27.8. The summed E-state index contributed by atoms with van der Waals surface area (Å²) in [5.74, 6) is 0. The van der Waals surface area contributed by atoms with Crippen LogP contribution in [0.5, 0.6) is 0 Å². The summed E-state index contributed by atoms with van der Waals surface area (Å²) in [5.41, 5.74) is 6.53. The van der Waals surface area contributed by atoms with Crippen LogP contribution in [0.2, 0.25) is 0 Å². The van der Waals surface area contributed by atoms with Crippen LogP contribution in [0.25, 0.3) is 50.4 Å². The molecule has 196 valence electrons. The van der Waals surface area contributed by atoms with Crippen LogP contribution in [0.15, 0.2) is 161 Å². The Morgan fingerprint density at radius 2 is 0.854 bits per heavy atom. The van der Waals surface area contributed by atoms with Crippen LogP contribution in [0.4, 0.5) is 0 Å². The van der Waals surface area contributed by atoms with Crippen molar-refractivity contribution in [3.8, 4) is 44.8 Å². The lowest BCUT2D eigenvalue weighted by molar-refractivity contribution is 0.751. The first-order valence-electron chi connectivity index (χ1n) is 13.5. The SMILES string of the molecule is O=c1n(-c2ccccc2)c(=O)n2cc(-c3ccccc3)c(-c3ccccc3)c2n1-c1ccc(-c2ccccc2)cc1. The molecule has 0 saturated heterocycles. The fourth-order valence-corrected chi connectivity index (χ4v) is 5.43. The minimum absolute atomic E-state index is 0.423. The highest BCUT2D eigenvalue weighted by Gasteiger charge is 2.23. The van der Waals surface area contributed by atoms with E-state index in [-0.39, 0.29) is 0 Å². The van der Waals surface area contributed by atoms with E-state index < -0.39 is 11.4 Å². The Bertz CT molecular complexity index is 2090. The molecule has 0 spiro atoms. The molecule has 0 saturated carbocycles. The molecule has 41 heavy (non-hydrogen) atoms. The van der Waals surface area contributed by atoms with Gasteiger partial charge in [-0.05, 0) is 46.5 Å². The largest absolute Gasteiger partial charge is 0.343 e. The highest BCUT2D eigenvalue weighted by molar-refractivity contribution is 5.93. The van der Waals surface area contributed by atoms with E-state index in [1.54, 1.807) is 21.1 Å². The van der Waals surface area contributed by atoms with Crippen LogP contribution in [0.1, 0.15) is 0 Å². The van der Waals surface area contributed by atoms with Gasteiger partial charge in [0.2, 0.25) is 0 Å². The van der Waals surface area contributed by atoms with Crippen LogP contribution in [0, 0.1) is 0 Å². The predicted octanol–water partition coefficient (Wildman–Crippen LogP) is 7.24. The molecule has 0 aliphatic rings. The molecular formula is C36H25N3O2. The summed E-state index contributed by atoms with van der Waals surface area (Å²) in [6.07, 6.45) is 1.85. The molecule has 0 atom stereocenters. The lowest BCUT2D eigenvalue weighted by atomic mass is 9.98. The summed E-state index contributed by atoms with van der Waals surface area (Å²) >= 11 is 0. The third kappa shape index (κ3) is 4.21. The molecule has 0 bridgehead atoms. The number of para-hydroxylation sites is 1. The Morgan fingerprint density at radius 1 is 0.390 bits per heavy atom. The molecule has 0 amide bonds. The highest BCUT2D eigenvalue weighted by atomic mass is 16.2. The Balaban J connectivity index is 1.61. The van der Waals surface area contributed by atoms with Crippen molar-refractivity contribution in [2.75, 3.05) is 0 Å². The van der Waals surface area contributed by atoms with Crippen LogP contribution in [-0.2, 0) is 0 Å². The Labute approximate surface area is 236 Å². The van der Waals surface area contributed by atoms with Crippen LogP contribution < -0.4 is 11.4 Å². The minimum Gasteiger partial charge on any atom is -0.252 e. The average molecular weight is 532 g/mol. The van der Waals surface area contributed by atoms with Gasteiger partial charge in [0, 0.05) is 17.3 Å². The second-order valence-electron chi connectivity index (χ2n) is 9.83. The van der Waals surface area contributed by atoms with Gasteiger partial charge in [-0.15, -0.1) is 0 Å². The second-order valence-corrected chi connectivity index (χ2v) is 9.83. The lowest BCUT2D eigenvalue weighted by Gasteiger charge is -2.15. The molecule has 0 fully saturated rings. The number of fused-ring (bicyclic) bond motifs is 1. The van der Waals surface area contributed by atoms with Crippen LogP contribution in [0.3, 0.4) is 0 Å². The molecule has 5 nitrogen and oxygen atoms in total. The number of rotatable bonds is 5. The number of hydrogen-bond acceptors (Lipinski definition) is 2. The number of benzene rings is 5. The van der Waals surface area contributed by atoms with E-state index in [0.29, 0.717) is 17.0 Å². The van der Waals surface area contributed by atoms with Crippen molar-refractivity contribution in [2.24, 2.45) is 0 Å². The Morgan fingerprint density at radius 3 is 1.44 bits per heavy atom. The van der Waals surface area contributed by atoms with E-state index >= 15 is 0 Å². The predicted molar refractivity (Wildman–Crippen MR) is 165 cm³/mol. The van der Waals surface area contributed by atoms with Crippen LogP contribution >= 0.6 is 0 Å². The smallest absolute Gasteiger partial charge is 0.252 e. The van der Waals surface area contributed by atoms with E-state index in [2.05, 4.69) is 12.1 Å².